The van der Waals surface area contributed by atoms with Crippen LogP contribution < -0.4 is 10.2 Å². The Balaban J connectivity index is 1.74. The van der Waals surface area contributed by atoms with Crippen LogP contribution in [0.3, 0.4) is 0 Å². The lowest BCUT2D eigenvalue weighted by Gasteiger charge is -2.34. The molecule has 138 valence electrons. The summed E-state index contributed by atoms with van der Waals surface area (Å²) in [5.41, 5.74) is 2.78. The van der Waals surface area contributed by atoms with E-state index < -0.39 is 0 Å². The molecule has 0 saturated heterocycles. The average molecular weight is 373 g/mol. The summed E-state index contributed by atoms with van der Waals surface area (Å²) in [5, 5.41) is 13.5. The molecule has 1 atom stereocenters. The average Bonchev–Trinajstić information content (AvgIpc) is 3.05. The quantitative estimate of drug-likeness (QED) is 0.825. The molecule has 0 aliphatic carbocycles. The predicted molar refractivity (Wildman–Crippen MR) is 106 cm³/mol. The van der Waals surface area contributed by atoms with Gasteiger partial charge >= 0.3 is 6.03 Å². The number of hydrogen-bond acceptors (Lipinski definition) is 2. The van der Waals surface area contributed by atoms with Crippen LogP contribution in [0.4, 0.5) is 10.5 Å². The van der Waals surface area contributed by atoms with Crippen molar-refractivity contribution in [3.8, 4) is 0 Å². The number of amides is 2. The minimum Gasteiger partial charge on any atom is -0.396 e. The van der Waals surface area contributed by atoms with E-state index in [0.29, 0.717) is 18.1 Å². The normalized spacial score (nSPS) is 14.8. The smallest absolute Gasteiger partial charge is 0.321 e. The Morgan fingerprint density at radius 2 is 2.00 bits per heavy atom. The van der Waals surface area contributed by atoms with Crippen LogP contribution in [0.1, 0.15) is 30.9 Å². The van der Waals surface area contributed by atoms with Gasteiger partial charge in [-0.15, -0.1) is 0 Å². The Labute approximate surface area is 159 Å². The maximum absolute atomic E-state index is 12.8. The monoisotopic (exact) mass is 372 g/mol. The Kier molecular flexibility index (Phi) is 5.54. The molecule has 26 heavy (non-hydrogen) atoms. The number of urea groups is 1. The van der Waals surface area contributed by atoms with E-state index in [4.69, 9.17) is 11.6 Å². The summed E-state index contributed by atoms with van der Waals surface area (Å²) in [4.78, 5) is 14.5. The molecular formula is C21H25ClN2O2. The maximum atomic E-state index is 12.8. The van der Waals surface area contributed by atoms with Gasteiger partial charge in [0.05, 0.1) is 5.69 Å². The molecule has 0 spiro atoms. The molecule has 5 heteroatoms. The second-order valence-corrected chi connectivity index (χ2v) is 7.91. The molecule has 0 fully saturated rings. The first-order valence-corrected chi connectivity index (χ1v) is 9.30. The molecule has 1 unspecified atom stereocenters. The third-order valence-electron chi connectivity index (χ3n) is 5.20. The largest absolute Gasteiger partial charge is 0.396 e. The lowest BCUT2D eigenvalue weighted by Crippen LogP contribution is -2.43. The van der Waals surface area contributed by atoms with Crippen molar-refractivity contribution >= 4 is 23.3 Å². The van der Waals surface area contributed by atoms with E-state index in [0.717, 1.165) is 23.2 Å². The first-order valence-electron chi connectivity index (χ1n) is 8.92. The summed E-state index contributed by atoms with van der Waals surface area (Å²) in [7, 11) is 0. The number of nitrogens with one attached hydrogen (secondary N) is 1. The molecular weight excluding hydrogens is 348 g/mol. The molecule has 2 aromatic rings. The summed E-state index contributed by atoms with van der Waals surface area (Å²) in [6.07, 6.45) is 0.837. The summed E-state index contributed by atoms with van der Waals surface area (Å²) in [5.74, 6) is 0.0130. The molecule has 0 bridgehead atoms. The number of aliphatic hydroxyl groups is 1. The summed E-state index contributed by atoms with van der Waals surface area (Å²) in [6.45, 7) is 5.19. The topological polar surface area (TPSA) is 52.6 Å². The van der Waals surface area contributed by atoms with Gasteiger partial charge in [0.1, 0.15) is 0 Å². The van der Waals surface area contributed by atoms with Gasteiger partial charge in [0.15, 0.2) is 0 Å². The molecule has 2 N–H and O–H groups in total. The number of halogens is 1. The van der Waals surface area contributed by atoms with Crippen LogP contribution in [0.25, 0.3) is 0 Å². The Hall–Kier alpha value is -2.04. The summed E-state index contributed by atoms with van der Waals surface area (Å²) < 4.78 is 0. The minimum atomic E-state index is -0.346. The van der Waals surface area contributed by atoms with Gasteiger partial charge < -0.3 is 10.4 Å². The van der Waals surface area contributed by atoms with Crippen LogP contribution in [0.2, 0.25) is 5.02 Å². The van der Waals surface area contributed by atoms with E-state index in [1.807, 2.05) is 62.4 Å². The van der Waals surface area contributed by atoms with Gasteiger partial charge in [-0.2, -0.15) is 0 Å². The highest BCUT2D eigenvalue weighted by atomic mass is 35.5. The van der Waals surface area contributed by atoms with Gasteiger partial charge in [0, 0.05) is 30.6 Å². The molecule has 1 aliphatic heterocycles. The van der Waals surface area contributed by atoms with Gasteiger partial charge in [-0.25, -0.2) is 4.79 Å². The fourth-order valence-corrected chi connectivity index (χ4v) is 3.66. The maximum Gasteiger partial charge on any atom is 0.321 e. The van der Waals surface area contributed by atoms with Crippen LogP contribution in [-0.4, -0.2) is 30.8 Å². The number of anilines is 1. The molecule has 1 aliphatic rings. The second kappa shape index (κ2) is 7.68. The Morgan fingerprint density at radius 3 is 2.69 bits per heavy atom. The van der Waals surface area contributed by atoms with E-state index in [2.05, 4.69) is 5.32 Å². The van der Waals surface area contributed by atoms with E-state index in [1.165, 1.54) is 0 Å². The lowest BCUT2D eigenvalue weighted by atomic mass is 9.75. The highest BCUT2D eigenvalue weighted by Gasteiger charge is 2.32. The third kappa shape index (κ3) is 3.87. The highest BCUT2D eigenvalue weighted by molar-refractivity contribution is 6.31. The molecule has 3 rings (SSSR count). The zero-order chi connectivity index (χ0) is 18.7. The number of rotatable bonds is 5. The van der Waals surface area contributed by atoms with Gasteiger partial charge in [-0.1, -0.05) is 61.8 Å². The third-order valence-corrected chi connectivity index (χ3v) is 5.43. The number of carbonyl (C=O) groups excluding carboxylic acids is 1. The van der Waals surface area contributed by atoms with Crippen LogP contribution in [0.5, 0.6) is 0 Å². The highest BCUT2D eigenvalue weighted by Crippen LogP contribution is 2.35. The van der Waals surface area contributed by atoms with Gasteiger partial charge in [0.25, 0.3) is 0 Å². The molecule has 4 nitrogen and oxygen atoms in total. The van der Waals surface area contributed by atoms with Crippen LogP contribution in [0.15, 0.2) is 48.5 Å². The SMILES string of the molecule is CC(C)(CO)C(CNC(=O)N1CCc2ccc(Cl)cc21)c1ccccc1. The fourth-order valence-electron chi connectivity index (χ4n) is 3.49. The molecule has 0 saturated carbocycles. The van der Waals surface area contributed by atoms with Crippen molar-refractivity contribution in [3.05, 3.63) is 64.7 Å². The van der Waals surface area contributed by atoms with Gasteiger partial charge in [-0.05, 0) is 35.1 Å². The molecule has 2 amide bonds. The van der Waals surface area contributed by atoms with E-state index in [9.17, 15) is 9.90 Å². The number of hydrogen-bond donors (Lipinski definition) is 2. The van der Waals surface area contributed by atoms with Crippen molar-refractivity contribution in [2.24, 2.45) is 5.41 Å². The lowest BCUT2D eigenvalue weighted by molar-refractivity contribution is 0.129. The van der Waals surface area contributed by atoms with Gasteiger partial charge in [0.2, 0.25) is 0 Å². The Bertz CT molecular complexity index is 777. The van der Waals surface area contributed by atoms with E-state index in [-0.39, 0.29) is 24.0 Å². The second-order valence-electron chi connectivity index (χ2n) is 7.47. The molecule has 2 aromatic carbocycles. The van der Waals surface area contributed by atoms with Crippen molar-refractivity contribution in [3.63, 3.8) is 0 Å². The fraction of sp³-hybridized carbons (Fsp3) is 0.381. The van der Waals surface area contributed by atoms with Crippen LogP contribution >= 0.6 is 11.6 Å². The summed E-state index contributed by atoms with van der Waals surface area (Å²) in [6, 6.07) is 15.6. The number of benzene rings is 2. The zero-order valence-electron chi connectivity index (χ0n) is 15.2. The zero-order valence-corrected chi connectivity index (χ0v) is 16.0. The van der Waals surface area contributed by atoms with Gasteiger partial charge in [-0.3, -0.25) is 4.90 Å². The van der Waals surface area contributed by atoms with Crippen molar-refractivity contribution in [2.45, 2.75) is 26.2 Å². The van der Waals surface area contributed by atoms with Crippen molar-refractivity contribution in [1.82, 2.24) is 5.32 Å². The first-order chi connectivity index (χ1) is 12.4. The van der Waals surface area contributed by atoms with Crippen molar-refractivity contribution in [1.29, 1.82) is 0 Å². The number of fused-ring (bicyclic) bond motifs is 1. The van der Waals surface area contributed by atoms with Crippen molar-refractivity contribution in [2.75, 3.05) is 24.6 Å². The summed E-state index contributed by atoms with van der Waals surface area (Å²) >= 11 is 6.09. The number of nitrogens with zero attached hydrogens (tertiary/aromatic N) is 1. The first kappa shape index (κ1) is 18.7. The number of carbonyl (C=O) groups is 1. The van der Waals surface area contributed by atoms with E-state index >= 15 is 0 Å². The van der Waals surface area contributed by atoms with Crippen LogP contribution in [-0.2, 0) is 6.42 Å². The Morgan fingerprint density at radius 1 is 1.27 bits per heavy atom. The number of aliphatic hydroxyl groups excluding tert-OH is 1. The standard InChI is InChI=1S/C21H25ClN2O2/c1-21(2,14-25)18(15-6-4-3-5-7-15)13-23-20(26)24-11-10-16-8-9-17(22)12-19(16)24/h3-9,12,18,25H,10-11,13-14H2,1-2H3,(H,23,26). The van der Waals surface area contributed by atoms with Crippen molar-refractivity contribution < 1.29 is 9.90 Å². The minimum absolute atomic E-state index is 0.0130. The predicted octanol–water partition coefficient (Wildman–Crippen LogP) is 4.21. The van der Waals surface area contributed by atoms with E-state index in [1.54, 1.807) is 4.90 Å². The van der Waals surface area contributed by atoms with Crippen LogP contribution in [0, 0.1) is 5.41 Å². The molecule has 1 heterocycles. The molecule has 0 radical (unpaired) electrons. The molecule has 0 aromatic heterocycles.